The average Bonchev–Trinajstić information content (AvgIpc) is 2.46. The molecule has 2 rings (SSSR count). The average molecular weight is 258 g/mol. The fourth-order valence-electron chi connectivity index (χ4n) is 1.76. The van der Waals surface area contributed by atoms with Gasteiger partial charge in [-0.2, -0.15) is 0 Å². The summed E-state index contributed by atoms with van der Waals surface area (Å²) in [5.41, 5.74) is 0.828. The molecule has 0 saturated heterocycles. The minimum atomic E-state index is -0.329. The number of benzene rings is 1. The van der Waals surface area contributed by atoms with Gasteiger partial charge in [0.05, 0.1) is 24.6 Å². The molecule has 0 bridgehead atoms. The maximum atomic E-state index is 12.3. The minimum absolute atomic E-state index is 0.144. The smallest absolute Gasteiger partial charge is 0.261 e. The number of nitrogens with zero attached hydrogens (tertiary/aromatic N) is 2. The highest BCUT2D eigenvalue weighted by atomic mass is 16.5. The number of pyridine rings is 1. The zero-order chi connectivity index (χ0) is 13.8. The van der Waals surface area contributed by atoms with Crippen LogP contribution in [0.2, 0.25) is 0 Å². The van der Waals surface area contributed by atoms with Crippen molar-refractivity contribution in [2.45, 2.75) is 0 Å². The van der Waals surface area contributed by atoms with E-state index in [0.29, 0.717) is 11.4 Å². The molecule has 1 aromatic carbocycles. The van der Waals surface area contributed by atoms with Crippen molar-refractivity contribution in [2.24, 2.45) is 0 Å². The molecule has 0 radical (unpaired) electrons. The molecule has 1 aromatic heterocycles. The van der Waals surface area contributed by atoms with Gasteiger partial charge in [0.25, 0.3) is 5.91 Å². The number of hydrogen-bond acceptors (Lipinski definition) is 4. The highest BCUT2D eigenvalue weighted by Crippen LogP contribution is 2.28. The molecular formula is C14H14N2O3. The Morgan fingerprint density at radius 3 is 2.74 bits per heavy atom. The van der Waals surface area contributed by atoms with Crippen LogP contribution in [0.1, 0.15) is 10.4 Å². The zero-order valence-electron chi connectivity index (χ0n) is 10.7. The lowest BCUT2D eigenvalue weighted by molar-refractivity contribution is 0.0989. The fraction of sp³-hybridized carbons (Fsp3) is 0.143. The van der Waals surface area contributed by atoms with Crippen LogP contribution in [0.4, 0.5) is 5.69 Å². The van der Waals surface area contributed by atoms with Gasteiger partial charge in [0.2, 0.25) is 0 Å². The molecule has 2 aromatic rings. The van der Waals surface area contributed by atoms with Gasteiger partial charge in [0.1, 0.15) is 11.5 Å². The lowest BCUT2D eigenvalue weighted by atomic mass is 10.2. The molecule has 0 spiro atoms. The molecule has 0 aliphatic rings. The lowest BCUT2D eigenvalue weighted by Gasteiger charge is -2.20. The molecule has 0 saturated carbocycles. The zero-order valence-corrected chi connectivity index (χ0v) is 10.7. The molecule has 1 amide bonds. The number of carbonyl (C=O) groups is 1. The number of rotatable bonds is 3. The summed E-state index contributed by atoms with van der Waals surface area (Å²) in [6.07, 6.45) is 2.70. The lowest BCUT2D eigenvalue weighted by Crippen LogP contribution is -2.26. The van der Waals surface area contributed by atoms with Gasteiger partial charge in [-0.05, 0) is 18.2 Å². The van der Waals surface area contributed by atoms with Crippen LogP contribution in [-0.4, -0.2) is 30.2 Å². The normalized spacial score (nSPS) is 10.0. The van der Waals surface area contributed by atoms with Crippen LogP contribution in [0.5, 0.6) is 11.5 Å². The van der Waals surface area contributed by atoms with Crippen LogP contribution >= 0.6 is 0 Å². The van der Waals surface area contributed by atoms with Crippen LogP contribution in [-0.2, 0) is 0 Å². The van der Waals surface area contributed by atoms with Gasteiger partial charge in [-0.3, -0.25) is 9.78 Å². The Kier molecular flexibility index (Phi) is 3.66. The SMILES string of the molecule is COc1ccccc1N(C)C(=O)c1ccncc1O. The van der Waals surface area contributed by atoms with Gasteiger partial charge in [-0.1, -0.05) is 12.1 Å². The monoisotopic (exact) mass is 258 g/mol. The molecule has 0 fully saturated rings. The van der Waals surface area contributed by atoms with Crippen molar-refractivity contribution in [1.82, 2.24) is 4.98 Å². The molecule has 5 heteroatoms. The Bertz CT molecular complexity index is 599. The molecule has 0 aliphatic carbocycles. The Labute approximate surface area is 111 Å². The van der Waals surface area contributed by atoms with Crippen molar-refractivity contribution in [1.29, 1.82) is 0 Å². The van der Waals surface area contributed by atoms with E-state index in [1.54, 1.807) is 26.3 Å². The predicted molar refractivity (Wildman–Crippen MR) is 71.6 cm³/mol. The summed E-state index contributed by atoms with van der Waals surface area (Å²) in [4.78, 5) is 17.5. The summed E-state index contributed by atoms with van der Waals surface area (Å²) in [7, 11) is 3.17. The molecule has 1 N–H and O–H groups in total. The van der Waals surface area contributed by atoms with Crippen molar-refractivity contribution >= 4 is 11.6 Å². The summed E-state index contributed by atoms with van der Waals surface area (Å²) in [5.74, 6) is 0.116. The van der Waals surface area contributed by atoms with Crippen molar-refractivity contribution in [3.63, 3.8) is 0 Å². The van der Waals surface area contributed by atoms with Crippen LogP contribution < -0.4 is 9.64 Å². The molecule has 0 unspecified atom stereocenters. The first-order valence-corrected chi connectivity index (χ1v) is 5.69. The third kappa shape index (κ3) is 2.49. The number of para-hydroxylation sites is 2. The Balaban J connectivity index is 2.37. The second kappa shape index (κ2) is 5.39. The summed E-state index contributed by atoms with van der Waals surface area (Å²) >= 11 is 0. The first-order valence-electron chi connectivity index (χ1n) is 5.69. The summed E-state index contributed by atoms with van der Waals surface area (Å²) in [5, 5.41) is 9.66. The summed E-state index contributed by atoms with van der Waals surface area (Å²) in [6.45, 7) is 0. The van der Waals surface area contributed by atoms with E-state index < -0.39 is 0 Å². The van der Waals surface area contributed by atoms with E-state index in [4.69, 9.17) is 4.74 Å². The largest absolute Gasteiger partial charge is 0.505 e. The maximum absolute atomic E-state index is 12.3. The second-order valence-corrected chi connectivity index (χ2v) is 3.93. The number of ether oxygens (including phenoxy) is 1. The minimum Gasteiger partial charge on any atom is -0.505 e. The van der Waals surface area contributed by atoms with Crippen molar-refractivity contribution in [2.75, 3.05) is 19.1 Å². The number of aromatic nitrogens is 1. The van der Waals surface area contributed by atoms with E-state index >= 15 is 0 Å². The van der Waals surface area contributed by atoms with E-state index in [-0.39, 0.29) is 17.2 Å². The second-order valence-electron chi connectivity index (χ2n) is 3.93. The predicted octanol–water partition coefficient (Wildman–Crippen LogP) is 2.07. The van der Waals surface area contributed by atoms with Gasteiger partial charge in [-0.25, -0.2) is 0 Å². The van der Waals surface area contributed by atoms with E-state index in [1.807, 2.05) is 12.1 Å². The Morgan fingerprint density at radius 2 is 2.05 bits per heavy atom. The number of hydrogen-bond donors (Lipinski definition) is 1. The Hall–Kier alpha value is -2.56. The van der Waals surface area contributed by atoms with Gasteiger partial charge in [-0.15, -0.1) is 0 Å². The molecule has 1 heterocycles. The van der Waals surface area contributed by atoms with Crippen molar-refractivity contribution in [3.8, 4) is 11.5 Å². The standard InChI is InChI=1S/C14H14N2O3/c1-16(11-5-3-4-6-13(11)19-2)14(18)10-7-8-15-9-12(10)17/h3-9,17H,1-2H3. The molecule has 0 atom stereocenters. The van der Waals surface area contributed by atoms with Gasteiger partial charge in [0.15, 0.2) is 0 Å². The third-order valence-electron chi connectivity index (χ3n) is 2.78. The van der Waals surface area contributed by atoms with Crippen LogP contribution in [0.3, 0.4) is 0 Å². The van der Waals surface area contributed by atoms with Crippen LogP contribution in [0.15, 0.2) is 42.7 Å². The van der Waals surface area contributed by atoms with Gasteiger partial charge in [0, 0.05) is 13.2 Å². The van der Waals surface area contributed by atoms with Crippen LogP contribution in [0, 0.1) is 0 Å². The van der Waals surface area contributed by atoms with Gasteiger partial charge >= 0.3 is 0 Å². The summed E-state index contributed by atoms with van der Waals surface area (Å²) < 4.78 is 5.21. The highest BCUT2D eigenvalue weighted by Gasteiger charge is 2.19. The first-order chi connectivity index (χ1) is 9.15. The molecular weight excluding hydrogens is 244 g/mol. The van der Waals surface area contributed by atoms with Gasteiger partial charge < -0.3 is 14.7 Å². The highest BCUT2D eigenvalue weighted by molar-refractivity contribution is 6.08. The summed E-state index contributed by atoms with van der Waals surface area (Å²) in [6, 6.07) is 8.66. The van der Waals surface area contributed by atoms with E-state index in [0.717, 1.165) is 0 Å². The molecule has 0 aliphatic heterocycles. The number of amides is 1. The number of aromatic hydroxyl groups is 1. The number of methoxy groups -OCH3 is 1. The maximum Gasteiger partial charge on any atom is 0.261 e. The fourth-order valence-corrected chi connectivity index (χ4v) is 1.76. The van der Waals surface area contributed by atoms with Crippen molar-refractivity contribution < 1.29 is 14.6 Å². The molecule has 19 heavy (non-hydrogen) atoms. The quantitative estimate of drug-likeness (QED) is 0.915. The number of carbonyl (C=O) groups excluding carboxylic acids is 1. The van der Waals surface area contributed by atoms with E-state index in [9.17, 15) is 9.90 Å². The topological polar surface area (TPSA) is 62.7 Å². The first kappa shape index (κ1) is 12.9. The Morgan fingerprint density at radius 1 is 1.32 bits per heavy atom. The van der Waals surface area contributed by atoms with Crippen LogP contribution in [0.25, 0.3) is 0 Å². The molecule has 5 nitrogen and oxygen atoms in total. The van der Waals surface area contributed by atoms with E-state index in [2.05, 4.69) is 4.98 Å². The molecule has 98 valence electrons. The van der Waals surface area contributed by atoms with Crippen molar-refractivity contribution in [3.05, 3.63) is 48.3 Å². The van der Waals surface area contributed by atoms with E-state index in [1.165, 1.54) is 23.4 Å². The number of anilines is 1. The third-order valence-corrected chi connectivity index (χ3v) is 2.78.